The van der Waals surface area contributed by atoms with Crippen LogP contribution in [0.5, 0.6) is 5.75 Å². The average Bonchev–Trinajstić information content (AvgIpc) is 3.37. The molecule has 30 heavy (non-hydrogen) atoms. The summed E-state index contributed by atoms with van der Waals surface area (Å²) < 4.78 is 12.0. The van der Waals surface area contributed by atoms with Gasteiger partial charge in [-0.2, -0.15) is 5.10 Å². The summed E-state index contributed by atoms with van der Waals surface area (Å²) in [4.78, 5) is 27.7. The first-order valence-electron chi connectivity index (χ1n) is 8.96. The molecule has 0 saturated carbocycles. The van der Waals surface area contributed by atoms with Gasteiger partial charge in [0.15, 0.2) is 5.65 Å². The second-order valence-corrected chi connectivity index (χ2v) is 6.47. The average molecular weight is 407 g/mol. The molecule has 0 aliphatic heterocycles. The Hall–Kier alpha value is -4.21. The molecule has 4 aromatic rings. The SMILES string of the molecule is COc1ccc(NC(=O)Cn2nc(C)c3c(-c4ccco4)ccnc32)c([N+](=O)[O-])c1. The Labute approximate surface area is 170 Å². The van der Waals surface area contributed by atoms with Gasteiger partial charge >= 0.3 is 0 Å². The van der Waals surface area contributed by atoms with Crippen molar-refractivity contribution < 1.29 is 18.9 Å². The van der Waals surface area contributed by atoms with Crippen molar-refractivity contribution >= 4 is 28.3 Å². The third-order valence-electron chi connectivity index (χ3n) is 4.56. The third kappa shape index (κ3) is 3.46. The summed E-state index contributed by atoms with van der Waals surface area (Å²) in [6.45, 7) is 1.65. The number of nitrogens with one attached hydrogen (secondary N) is 1. The number of methoxy groups -OCH3 is 1. The van der Waals surface area contributed by atoms with Crippen molar-refractivity contribution in [3.8, 4) is 17.1 Å². The summed E-state index contributed by atoms with van der Waals surface area (Å²) in [5, 5.41) is 19.1. The van der Waals surface area contributed by atoms with Crippen LogP contribution >= 0.6 is 0 Å². The number of carbonyl (C=O) groups is 1. The fourth-order valence-electron chi connectivity index (χ4n) is 3.25. The molecule has 0 spiro atoms. The number of pyridine rings is 1. The number of aryl methyl sites for hydroxylation is 1. The number of nitro benzene ring substituents is 1. The number of amides is 1. The first-order chi connectivity index (χ1) is 14.5. The number of nitrogens with zero attached hydrogens (tertiary/aromatic N) is 4. The molecule has 1 amide bonds. The number of aromatic nitrogens is 3. The van der Waals surface area contributed by atoms with Crippen LogP contribution in [0.4, 0.5) is 11.4 Å². The number of nitro groups is 1. The fraction of sp³-hybridized carbons (Fsp3) is 0.150. The molecule has 10 heteroatoms. The molecule has 152 valence electrons. The molecular formula is C20H17N5O5. The van der Waals surface area contributed by atoms with Gasteiger partial charge in [0.1, 0.15) is 23.7 Å². The Bertz CT molecular complexity index is 1250. The molecule has 1 aromatic carbocycles. The van der Waals surface area contributed by atoms with E-state index in [1.54, 1.807) is 18.5 Å². The van der Waals surface area contributed by atoms with Crippen LogP contribution in [0.3, 0.4) is 0 Å². The zero-order valence-corrected chi connectivity index (χ0v) is 16.2. The lowest BCUT2D eigenvalue weighted by molar-refractivity contribution is -0.384. The smallest absolute Gasteiger partial charge is 0.296 e. The number of furan rings is 1. The van der Waals surface area contributed by atoms with E-state index in [2.05, 4.69) is 15.4 Å². The number of rotatable bonds is 6. The maximum atomic E-state index is 12.6. The Balaban J connectivity index is 1.64. The van der Waals surface area contributed by atoms with Crippen molar-refractivity contribution in [1.29, 1.82) is 0 Å². The minimum atomic E-state index is -0.581. The van der Waals surface area contributed by atoms with Gasteiger partial charge in [-0.05, 0) is 37.3 Å². The van der Waals surface area contributed by atoms with E-state index in [1.807, 2.05) is 19.1 Å². The molecule has 0 unspecified atom stereocenters. The van der Waals surface area contributed by atoms with Crippen molar-refractivity contribution in [2.45, 2.75) is 13.5 Å². The van der Waals surface area contributed by atoms with Crippen LogP contribution < -0.4 is 10.1 Å². The number of ether oxygens (including phenoxy) is 1. The highest BCUT2D eigenvalue weighted by molar-refractivity contribution is 5.96. The molecule has 0 fully saturated rings. The number of fused-ring (bicyclic) bond motifs is 1. The van der Waals surface area contributed by atoms with E-state index < -0.39 is 10.8 Å². The minimum absolute atomic E-state index is 0.0724. The second kappa shape index (κ2) is 7.66. The highest BCUT2D eigenvalue weighted by atomic mass is 16.6. The van der Waals surface area contributed by atoms with E-state index >= 15 is 0 Å². The van der Waals surface area contributed by atoms with Gasteiger partial charge in [0, 0.05) is 11.8 Å². The summed E-state index contributed by atoms with van der Waals surface area (Å²) in [5.74, 6) is 0.518. The molecule has 0 radical (unpaired) electrons. The van der Waals surface area contributed by atoms with Gasteiger partial charge in [-0.15, -0.1) is 0 Å². The first kappa shape index (κ1) is 19.1. The predicted octanol–water partition coefficient (Wildman–Crippen LogP) is 3.56. The van der Waals surface area contributed by atoms with Gasteiger partial charge in [-0.3, -0.25) is 14.9 Å². The molecule has 10 nitrogen and oxygen atoms in total. The van der Waals surface area contributed by atoms with E-state index in [1.165, 1.54) is 30.0 Å². The molecule has 1 N–H and O–H groups in total. The van der Waals surface area contributed by atoms with Gasteiger partial charge < -0.3 is 14.5 Å². The molecule has 4 rings (SSSR count). The van der Waals surface area contributed by atoms with Crippen molar-refractivity contribution in [3.63, 3.8) is 0 Å². The van der Waals surface area contributed by atoms with Crippen LogP contribution in [-0.2, 0) is 11.3 Å². The summed E-state index contributed by atoms with van der Waals surface area (Å²) in [6.07, 6.45) is 3.20. The van der Waals surface area contributed by atoms with E-state index in [0.29, 0.717) is 22.9 Å². The molecule has 0 aliphatic carbocycles. The van der Waals surface area contributed by atoms with Gasteiger partial charge in [-0.1, -0.05) is 0 Å². The zero-order chi connectivity index (χ0) is 21.3. The normalized spacial score (nSPS) is 10.9. The number of hydrogen-bond donors (Lipinski definition) is 1. The van der Waals surface area contributed by atoms with Crippen molar-refractivity contribution in [2.24, 2.45) is 0 Å². The fourth-order valence-corrected chi connectivity index (χ4v) is 3.25. The molecule has 3 heterocycles. The summed E-state index contributed by atoms with van der Waals surface area (Å²) in [7, 11) is 1.41. The number of carbonyl (C=O) groups excluding carboxylic acids is 1. The predicted molar refractivity (Wildman–Crippen MR) is 108 cm³/mol. The molecule has 0 aliphatic rings. The molecule has 0 atom stereocenters. The van der Waals surface area contributed by atoms with Gasteiger partial charge in [-0.25, -0.2) is 9.67 Å². The largest absolute Gasteiger partial charge is 0.496 e. The quantitative estimate of drug-likeness (QED) is 0.383. The lowest BCUT2D eigenvalue weighted by Crippen LogP contribution is -2.20. The van der Waals surface area contributed by atoms with E-state index in [4.69, 9.17) is 9.15 Å². The molecular weight excluding hydrogens is 390 g/mol. The van der Waals surface area contributed by atoms with Crippen molar-refractivity contribution in [3.05, 3.63) is 64.7 Å². The van der Waals surface area contributed by atoms with E-state index in [-0.39, 0.29) is 17.9 Å². The monoisotopic (exact) mass is 407 g/mol. The van der Waals surface area contributed by atoms with Crippen LogP contribution in [0, 0.1) is 17.0 Å². The van der Waals surface area contributed by atoms with Gasteiger partial charge in [0.25, 0.3) is 5.69 Å². The van der Waals surface area contributed by atoms with Crippen LogP contribution in [0.25, 0.3) is 22.4 Å². The Morgan fingerprint density at radius 2 is 2.17 bits per heavy atom. The lowest BCUT2D eigenvalue weighted by Gasteiger charge is -2.08. The summed E-state index contributed by atoms with van der Waals surface area (Å²) in [5.41, 5.74) is 1.83. The molecule has 3 aromatic heterocycles. The van der Waals surface area contributed by atoms with Crippen LogP contribution in [0.15, 0.2) is 53.3 Å². The number of anilines is 1. The Morgan fingerprint density at radius 1 is 1.33 bits per heavy atom. The maximum absolute atomic E-state index is 12.6. The van der Waals surface area contributed by atoms with Crippen LogP contribution in [-0.4, -0.2) is 32.7 Å². The molecule has 0 bridgehead atoms. The zero-order valence-electron chi connectivity index (χ0n) is 16.2. The van der Waals surface area contributed by atoms with E-state index in [0.717, 1.165) is 10.9 Å². The van der Waals surface area contributed by atoms with Crippen molar-refractivity contribution in [1.82, 2.24) is 14.8 Å². The van der Waals surface area contributed by atoms with Crippen LogP contribution in [0.1, 0.15) is 5.69 Å². The topological polar surface area (TPSA) is 125 Å². The minimum Gasteiger partial charge on any atom is -0.496 e. The summed E-state index contributed by atoms with van der Waals surface area (Å²) in [6, 6.07) is 9.65. The standard InChI is InChI=1S/C20H17N5O5/c1-12-19-14(17-4-3-9-30-17)7-8-21-20(19)24(23-12)11-18(26)22-15-6-5-13(29-2)10-16(15)25(27)28/h3-10H,11H2,1-2H3,(H,22,26). The number of hydrogen-bond acceptors (Lipinski definition) is 7. The highest BCUT2D eigenvalue weighted by Crippen LogP contribution is 2.31. The lowest BCUT2D eigenvalue weighted by atomic mass is 10.1. The van der Waals surface area contributed by atoms with Gasteiger partial charge in [0.2, 0.25) is 5.91 Å². The third-order valence-corrected chi connectivity index (χ3v) is 4.56. The Kier molecular flexibility index (Phi) is 4.88. The maximum Gasteiger partial charge on any atom is 0.296 e. The Morgan fingerprint density at radius 3 is 2.87 bits per heavy atom. The number of benzene rings is 1. The highest BCUT2D eigenvalue weighted by Gasteiger charge is 2.20. The molecule has 0 saturated heterocycles. The van der Waals surface area contributed by atoms with Gasteiger partial charge in [0.05, 0.1) is 35.4 Å². The van der Waals surface area contributed by atoms with E-state index in [9.17, 15) is 14.9 Å². The van der Waals surface area contributed by atoms with Crippen LogP contribution in [0.2, 0.25) is 0 Å². The second-order valence-electron chi connectivity index (χ2n) is 6.47. The first-order valence-corrected chi connectivity index (χ1v) is 8.96. The summed E-state index contributed by atoms with van der Waals surface area (Å²) >= 11 is 0. The van der Waals surface area contributed by atoms with Crippen molar-refractivity contribution in [2.75, 3.05) is 12.4 Å².